The van der Waals surface area contributed by atoms with Gasteiger partial charge in [0.05, 0.1) is 6.04 Å². The van der Waals surface area contributed by atoms with Crippen molar-refractivity contribution in [1.29, 1.82) is 0 Å². The minimum Gasteiger partial charge on any atom is -0.342 e. The second-order valence-corrected chi connectivity index (χ2v) is 5.08. The number of benzene rings is 1. The van der Waals surface area contributed by atoms with E-state index in [0.29, 0.717) is 16.4 Å². The smallest absolute Gasteiger partial charge is 0.251 e. The molecule has 0 bridgehead atoms. The minimum absolute atomic E-state index is 0.220. The van der Waals surface area contributed by atoms with E-state index in [0.717, 1.165) is 4.47 Å². The van der Waals surface area contributed by atoms with Crippen LogP contribution in [0.3, 0.4) is 0 Å². The van der Waals surface area contributed by atoms with Crippen LogP contribution in [0.4, 0.5) is 0 Å². The Hall–Kier alpha value is -1.40. The van der Waals surface area contributed by atoms with Gasteiger partial charge < -0.3 is 5.32 Å². The molecule has 2 rings (SSSR count). The number of aromatic nitrogens is 3. The number of aromatic amines is 1. The van der Waals surface area contributed by atoms with Gasteiger partial charge in [0.2, 0.25) is 0 Å². The van der Waals surface area contributed by atoms with E-state index in [9.17, 15) is 4.79 Å². The highest BCUT2D eigenvalue weighted by molar-refractivity contribution is 9.10. The van der Waals surface area contributed by atoms with E-state index in [1.54, 1.807) is 18.2 Å². The SMILES string of the molecule is CC(NC(=O)c1cc(Cl)cc(Br)c1)c1ncn[nH]1. The monoisotopic (exact) mass is 328 g/mol. The predicted octanol–water partition coefficient (Wildman–Crippen LogP) is 2.71. The number of amides is 1. The Morgan fingerprint density at radius 2 is 2.28 bits per heavy atom. The molecule has 0 saturated carbocycles. The van der Waals surface area contributed by atoms with Crippen LogP contribution in [0, 0.1) is 0 Å². The first-order chi connectivity index (χ1) is 8.56. The Bertz CT molecular complexity index is 538. The zero-order valence-electron chi connectivity index (χ0n) is 9.45. The third-order valence-electron chi connectivity index (χ3n) is 2.32. The first-order valence-electron chi connectivity index (χ1n) is 5.18. The van der Waals surface area contributed by atoms with E-state index < -0.39 is 0 Å². The van der Waals surface area contributed by atoms with Crippen LogP contribution in [0.25, 0.3) is 0 Å². The molecule has 94 valence electrons. The van der Waals surface area contributed by atoms with Crippen molar-refractivity contribution in [3.63, 3.8) is 0 Å². The summed E-state index contributed by atoms with van der Waals surface area (Å²) in [7, 11) is 0. The van der Waals surface area contributed by atoms with Crippen molar-refractivity contribution in [2.45, 2.75) is 13.0 Å². The van der Waals surface area contributed by atoms with E-state index in [-0.39, 0.29) is 11.9 Å². The Kier molecular flexibility index (Phi) is 3.98. The molecule has 0 radical (unpaired) electrons. The molecule has 0 aliphatic rings. The van der Waals surface area contributed by atoms with E-state index in [1.165, 1.54) is 6.33 Å². The topological polar surface area (TPSA) is 70.7 Å². The van der Waals surface area contributed by atoms with Gasteiger partial charge >= 0.3 is 0 Å². The van der Waals surface area contributed by atoms with Crippen LogP contribution >= 0.6 is 27.5 Å². The zero-order chi connectivity index (χ0) is 13.1. The largest absolute Gasteiger partial charge is 0.342 e. The van der Waals surface area contributed by atoms with Gasteiger partial charge in [-0.2, -0.15) is 5.10 Å². The van der Waals surface area contributed by atoms with Gasteiger partial charge in [0.25, 0.3) is 5.91 Å². The van der Waals surface area contributed by atoms with Gasteiger partial charge in [-0.15, -0.1) is 0 Å². The molecular formula is C11H10BrClN4O. The van der Waals surface area contributed by atoms with Gasteiger partial charge in [0.15, 0.2) is 0 Å². The molecule has 1 atom stereocenters. The summed E-state index contributed by atoms with van der Waals surface area (Å²) in [6.07, 6.45) is 1.40. The molecular weight excluding hydrogens is 320 g/mol. The number of hydrogen-bond acceptors (Lipinski definition) is 3. The average Bonchev–Trinajstić information content (AvgIpc) is 2.80. The average molecular weight is 330 g/mol. The summed E-state index contributed by atoms with van der Waals surface area (Å²) in [4.78, 5) is 16.0. The third kappa shape index (κ3) is 3.08. The minimum atomic E-state index is -0.252. The van der Waals surface area contributed by atoms with Crippen LogP contribution in [-0.4, -0.2) is 21.1 Å². The standard InChI is InChI=1S/C11H10BrClN4O/c1-6(10-14-5-15-17-10)16-11(18)7-2-8(12)4-9(13)3-7/h2-6H,1H3,(H,16,18)(H,14,15,17). The lowest BCUT2D eigenvalue weighted by molar-refractivity contribution is 0.0938. The fraction of sp³-hybridized carbons (Fsp3) is 0.182. The molecule has 2 N–H and O–H groups in total. The Morgan fingerprint density at radius 1 is 1.50 bits per heavy atom. The maximum atomic E-state index is 12.0. The number of carbonyl (C=O) groups excluding carboxylic acids is 1. The van der Waals surface area contributed by atoms with Crippen molar-refractivity contribution in [3.05, 3.63) is 45.4 Å². The van der Waals surface area contributed by atoms with Gasteiger partial charge in [-0.25, -0.2) is 4.98 Å². The molecule has 5 nitrogen and oxygen atoms in total. The van der Waals surface area contributed by atoms with Crippen LogP contribution in [0.5, 0.6) is 0 Å². The highest BCUT2D eigenvalue weighted by Crippen LogP contribution is 2.20. The van der Waals surface area contributed by atoms with Crippen LogP contribution in [0.2, 0.25) is 5.02 Å². The molecule has 7 heteroatoms. The van der Waals surface area contributed by atoms with Crippen LogP contribution in [0.15, 0.2) is 29.0 Å². The van der Waals surface area contributed by atoms with Crippen molar-refractivity contribution in [2.24, 2.45) is 0 Å². The first-order valence-corrected chi connectivity index (χ1v) is 6.35. The number of nitrogens with one attached hydrogen (secondary N) is 2. The van der Waals surface area contributed by atoms with Crippen LogP contribution in [-0.2, 0) is 0 Å². The number of H-pyrrole nitrogens is 1. The number of halogens is 2. The molecule has 1 unspecified atom stereocenters. The second kappa shape index (κ2) is 5.49. The molecule has 1 aromatic heterocycles. The number of carbonyl (C=O) groups is 1. The summed E-state index contributed by atoms with van der Waals surface area (Å²) in [5.41, 5.74) is 0.487. The maximum Gasteiger partial charge on any atom is 0.251 e. The molecule has 1 amide bonds. The van der Waals surface area contributed by atoms with Gasteiger partial charge in [-0.1, -0.05) is 27.5 Å². The van der Waals surface area contributed by atoms with Crippen molar-refractivity contribution < 1.29 is 4.79 Å². The van der Waals surface area contributed by atoms with E-state index >= 15 is 0 Å². The Morgan fingerprint density at radius 3 is 2.89 bits per heavy atom. The molecule has 0 aliphatic heterocycles. The molecule has 0 fully saturated rings. The van der Waals surface area contributed by atoms with Crippen molar-refractivity contribution in [3.8, 4) is 0 Å². The third-order valence-corrected chi connectivity index (χ3v) is 2.99. The summed E-state index contributed by atoms with van der Waals surface area (Å²) in [6, 6.07) is 4.78. The molecule has 0 aliphatic carbocycles. The van der Waals surface area contributed by atoms with E-state index in [4.69, 9.17) is 11.6 Å². The molecule has 0 saturated heterocycles. The number of rotatable bonds is 3. The highest BCUT2D eigenvalue weighted by atomic mass is 79.9. The van der Waals surface area contributed by atoms with Gasteiger partial charge in [0, 0.05) is 15.1 Å². The lowest BCUT2D eigenvalue weighted by atomic mass is 10.2. The molecule has 2 aromatic rings. The normalized spacial score (nSPS) is 12.2. The van der Waals surface area contributed by atoms with Crippen LogP contribution in [0.1, 0.15) is 29.1 Å². The summed E-state index contributed by atoms with van der Waals surface area (Å²) >= 11 is 9.19. The second-order valence-electron chi connectivity index (χ2n) is 3.72. The maximum absolute atomic E-state index is 12.0. The fourth-order valence-corrected chi connectivity index (χ4v) is 2.32. The van der Waals surface area contributed by atoms with Crippen molar-refractivity contribution >= 4 is 33.4 Å². The first kappa shape index (κ1) is 13.0. The molecule has 18 heavy (non-hydrogen) atoms. The molecule has 0 spiro atoms. The fourth-order valence-electron chi connectivity index (χ4n) is 1.46. The van der Waals surface area contributed by atoms with Gasteiger partial charge in [0.1, 0.15) is 12.2 Å². The van der Waals surface area contributed by atoms with Crippen LogP contribution < -0.4 is 5.32 Å². The van der Waals surface area contributed by atoms with Crippen molar-refractivity contribution in [2.75, 3.05) is 0 Å². The summed E-state index contributed by atoms with van der Waals surface area (Å²) in [6.45, 7) is 1.82. The predicted molar refractivity (Wildman–Crippen MR) is 71.4 cm³/mol. The Labute approximate surface area is 117 Å². The van der Waals surface area contributed by atoms with Gasteiger partial charge in [-0.05, 0) is 25.1 Å². The van der Waals surface area contributed by atoms with Crippen molar-refractivity contribution in [1.82, 2.24) is 20.5 Å². The lowest BCUT2D eigenvalue weighted by Gasteiger charge is -2.11. The summed E-state index contributed by atoms with van der Waals surface area (Å²) < 4.78 is 0.757. The molecule has 1 aromatic carbocycles. The quantitative estimate of drug-likeness (QED) is 0.909. The number of hydrogen-bond donors (Lipinski definition) is 2. The van der Waals surface area contributed by atoms with Gasteiger partial charge in [-0.3, -0.25) is 9.89 Å². The molecule has 1 heterocycles. The zero-order valence-corrected chi connectivity index (χ0v) is 11.8. The lowest BCUT2D eigenvalue weighted by Crippen LogP contribution is -2.27. The summed E-state index contributed by atoms with van der Waals surface area (Å²) in [5, 5.41) is 9.74. The summed E-state index contributed by atoms with van der Waals surface area (Å²) in [5.74, 6) is 0.381. The van der Waals surface area contributed by atoms with E-state index in [2.05, 4.69) is 36.4 Å². The van der Waals surface area contributed by atoms with E-state index in [1.807, 2.05) is 6.92 Å². The number of nitrogens with zero attached hydrogens (tertiary/aromatic N) is 2. The Balaban J connectivity index is 2.12. The highest BCUT2D eigenvalue weighted by Gasteiger charge is 2.14.